The fourth-order valence-corrected chi connectivity index (χ4v) is 3.42. The Morgan fingerprint density at radius 2 is 2.11 bits per heavy atom. The summed E-state index contributed by atoms with van der Waals surface area (Å²) in [6.45, 7) is 3.64. The van der Waals surface area contributed by atoms with E-state index in [2.05, 4.69) is 25.5 Å². The molecule has 0 unspecified atom stereocenters. The molecule has 144 valence electrons. The van der Waals surface area contributed by atoms with Crippen molar-refractivity contribution in [3.8, 4) is 5.75 Å². The molecule has 0 bridgehead atoms. The van der Waals surface area contributed by atoms with E-state index in [1.807, 2.05) is 6.92 Å². The third kappa shape index (κ3) is 5.07. The summed E-state index contributed by atoms with van der Waals surface area (Å²) in [5, 5.41) is 15.2. The van der Waals surface area contributed by atoms with Crippen LogP contribution in [-0.4, -0.2) is 57.0 Å². The summed E-state index contributed by atoms with van der Waals surface area (Å²) in [4.78, 5) is 33.9. The van der Waals surface area contributed by atoms with Crippen molar-refractivity contribution >= 4 is 11.8 Å². The monoisotopic (exact) mass is 371 g/mol. The quantitative estimate of drug-likeness (QED) is 0.568. The number of rotatable bonds is 7. The van der Waals surface area contributed by atoms with E-state index in [4.69, 9.17) is 0 Å². The van der Waals surface area contributed by atoms with Gasteiger partial charge in [-0.2, -0.15) is 0 Å². The van der Waals surface area contributed by atoms with Crippen LogP contribution in [0.1, 0.15) is 24.6 Å². The number of imidazole rings is 1. The Labute approximate surface area is 158 Å². The Morgan fingerprint density at radius 3 is 2.78 bits per heavy atom. The van der Waals surface area contributed by atoms with Gasteiger partial charge in [-0.05, 0) is 31.0 Å². The molecule has 0 radical (unpaired) electrons. The summed E-state index contributed by atoms with van der Waals surface area (Å²) in [6.07, 6.45) is 4.17. The van der Waals surface area contributed by atoms with E-state index >= 15 is 0 Å². The van der Waals surface area contributed by atoms with Gasteiger partial charge in [0.05, 0.1) is 18.8 Å². The van der Waals surface area contributed by atoms with Gasteiger partial charge in [0.25, 0.3) is 0 Å². The molecule has 0 spiro atoms. The number of benzene rings is 1. The second-order valence-electron chi connectivity index (χ2n) is 6.76. The van der Waals surface area contributed by atoms with Crippen molar-refractivity contribution in [3.05, 3.63) is 48.0 Å². The van der Waals surface area contributed by atoms with Gasteiger partial charge >= 0.3 is 0 Å². The average Bonchev–Trinajstić information content (AvgIpc) is 3.27. The lowest BCUT2D eigenvalue weighted by atomic mass is 10.1. The summed E-state index contributed by atoms with van der Waals surface area (Å²) >= 11 is 0. The van der Waals surface area contributed by atoms with Crippen molar-refractivity contribution in [1.82, 2.24) is 25.5 Å². The molecule has 27 heavy (non-hydrogen) atoms. The minimum Gasteiger partial charge on any atom is -0.508 e. The van der Waals surface area contributed by atoms with Crippen molar-refractivity contribution in [2.24, 2.45) is 0 Å². The van der Waals surface area contributed by atoms with Crippen LogP contribution in [0.15, 0.2) is 36.8 Å². The fourth-order valence-electron chi connectivity index (χ4n) is 3.42. The molecule has 2 atom stereocenters. The van der Waals surface area contributed by atoms with Crippen molar-refractivity contribution in [3.63, 3.8) is 0 Å². The Morgan fingerprint density at radius 1 is 1.33 bits per heavy atom. The Bertz CT molecular complexity index is 760. The molecule has 0 aliphatic carbocycles. The lowest BCUT2D eigenvalue weighted by Gasteiger charge is -2.22. The summed E-state index contributed by atoms with van der Waals surface area (Å²) in [5.74, 6) is 0.0604. The molecule has 2 aromatic rings. The van der Waals surface area contributed by atoms with Gasteiger partial charge in [0.1, 0.15) is 5.75 Å². The van der Waals surface area contributed by atoms with Crippen LogP contribution in [-0.2, 0) is 22.6 Å². The highest BCUT2D eigenvalue weighted by Crippen LogP contribution is 2.21. The summed E-state index contributed by atoms with van der Waals surface area (Å²) in [5.41, 5.74) is 1.76. The molecular weight excluding hydrogens is 346 g/mol. The fraction of sp³-hybridized carbons (Fsp3) is 0.421. The number of hydrogen-bond acceptors (Lipinski definition) is 5. The second-order valence-corrected chi connectivity index (χ2v) is 6.76. The number of nitrogens with one attached hydrogen (secondary N) is 3. The molecule has 1 aromatic heterocycles. The number of carbonyl (C=O) groups is 2. The average molecular weight is 371 g/mol. The number of aromatic amines is 1. The largest absolute Gasteiger partial charge is 0.508 e. The van der Waals surface area contributed by atoms with Crippen LogP contribution in [0.4, 0.5) is 0 Å². The minimum absolute atomic E-state index is 0.0210. The molecule has 1 fully saturated rings. The molecule has 1 aliphatic rings. The SMILES string of the molecule is CCNC(=O)[C@@H]1C[C@H](NC(=O)Cc2ccc(O)cc2)CN1Cc1cnc[nH]1. The smallest absolute Gasteiger partial charge is 0.237 e. The molecule has 8 heteroatoms. The number of likely N-dealkylation sites (N-methyl/N-ethyl adjacent to an activating group) is 1. The summed E-state index contributed by atoms with van der Waals surface area (Å²) < 4.78 is 0. The van der Waals surface area contributed by atoms with Crippen LogP contribution in [0.3, 0.4) is 0 Å². The van der Waals surface area contributed by atoms with Crippen molar-refractivity contribution in [2.75, 3.05) is 13.1 Å². The minimum atomic E-state index is -0.285. The predicted octanol–water partition coefficient (Wildman–Crippen LogP) is 0.553. The lowest BCUT2D eigenvalue weighted by molar-refractivity contribution is -0.125. The number of phenols is 1. The van der Waals surface area contributed by atoms with Crippen LogP contribution in [0.25, 0.3) is 0 Å². The van der Waals surface area contributed by atoms with Crippen LogP contribution < -0.4 is 10.6 Å². The van der Waals surface area contributed by atoms with E-state index in [1.54, 1.807) is 36.8 Å². The number of phenolic OH excluding ortho intramolecular Hbond substituents is 1. The van der Waals surface area contributed by atoms with Crippen LogP contribution >= 0.6 is 0 Å². The lowest BCUT2D eigenvalue weighted by Crippen LogP contribution is -2.42. The Hall–Kier alpha value is -2.87. The second kappa shape index (κ2) is 8.68. The first-order chi connectivity index (χ1) is 13.0. The standard InChI is InChI=1S/C19H25N5O3/c1-2-21-19(27)17-8-14(10-24(17)11-15-9-20-12-22-15)23-18(26)7-13-3-5-16(25)6-4-13/h3-6,9,12,14,17,25H,2,7-8,10-11H2,1H3,(H,20,22)(H,21,27)(H,23,26)/t14-,17-/m0/s1. The number of aromatic hydroxyl groups is 1. The van der Waals surface area contributed by atoms with Crippen LogP contribution in [0.5, 0.6) is 5.75 Å². The number of H-pyrrole nitrogens is 1. The van der Waals surface area contributed by atoms with E-state index in [1.165, 1.54) is 0 Å². The summed E-state index contributed by atoms with van der Waals surface area (Å²) in [7, 11) is 0. The van der Waals surface area contributed by atoms with Gasteiger partial charge in [-0.1, -0.05) is 12.1 Å². The third-order valence-electron chi connectivity index (χ3n) is 4.65. The molecule has 1 aromatic carbocycles. The Kier molecular flexibility index (Phi) is 6.08. The maximum Gasteiger partial charge on any atom is 0.237 e. The summed E-state index contributed by atoms with van der Waals surface area (Å²) in [6, 6.07) is 6.21. The van der Waals surface area contributed by atoms with Gasteiger partial charge < -0.3 is 20.7 Å². The molecule has 8 nitrogen and oxygen atoms in total. The molecule has 1 saturated heterocycles. The number of likely N-dealkylation sites (tertiary alicyclic amines) is 1. The first kappa shape index (κ1) is 18.9. The zero-order valence-corrected chi connectivity index (χ0v) is 15.3. The van der Waals surface area contributed by atoms with Gasteiger partial charge in [0.15, 0.2) is 0 Å². The molecule has 3 rings (SSSR count). The van der Waals surface area contributed by atoms with Gasteiger partial charge in [-0.15, -0.1) is 0 Å². The van der Waals surface area contributed by atoms with Crippen LogP contribution in [0.2, 0.25) is 0 Å². The van der Waals surface area contributed by atoms with E-state index in [0.29, 0.717) is 26.1 Å². The number of hydrogen-bond donors (Lipinski definition) is 4. The highest BCUT2D eigenvalue weighted by atomic mass is 16.3. The normalized spacial score (nSPS) is 19.7. The van der Waals surface area contributed by atoms with Crippen molar-refractivity contribution in [1.29, 1.82) is 0 Å². The third-order valence-corrected chi connectivity index (χ3v) is 4.65. The number of carbonyl (C=O) groups excluding carboxylic acids is 2. The van der Waals surface area contributed by atoms with E-state index < -0.39 is 0 Å². The van der Waals surface area contributed by atoms with Crippen LogP contribution in [0, 0.1) is 0 Å². The maximum atomic E-state index is 12.4. The number of aromatic nitrogens is 2. The number of nitrogens with zero attached hydrogens (tertiary/aromatic N) is 2. The first-order valence-electron chi connectivity index (χ1n) is 9.11. The van der Waals surface area contributed by atoms with Gasteiger partial charge in [-0.25, -0.2) is 4.98 Å². The molecule has 0 saturated carbocycles. The predicted molar refractivity (Wildman–Crippen MR) is 99.8 cm³/mol. The van der Waals surface area contributed by atoms with E-state index in [0.717, 1.165) is 11.3 Å². The molecule has 1 aliphatic heterocycles. The number of amides is 2. The zero-order valence-electron chi connectivity index (χ0n) is 15.3. The molecule has 4 N–H and O–H groups in total. The molecular formula is C19H25N5O3. The molecule has 2 heterocycles. The van der Waals surface area contributed by atoms with Crippen molar-refractivity contribution in [2.45, 2.75) is 38.4 Å². The maximum absolute atomic E-state index is 12.4. The first-order valence-corrected chi connectivity index (χ1v) is 9.11. The van der Waals surface area contributed by atoms with Gasteiger partial charge in [0.2, 0.25) is 11.8 Å². The highest BCUT2D eigenvalue weighted by molar-refractivity contribution is 5.83. The van der Waals surface area contributed by atoms with Gasteiger partial charge in [0, 0.05) is 37.6 Å². The zero-order chi connectivity index (χ0) is 19.2. The van der Waals surface area contributed by atoms with E-state index in [9.17, 15) is 14.7 Å². The van der Waals surface area contributed by atoms with E-state index in [-0.39, 0.29) is 36.1 Å². The molecule has 2 amide bonds. The topological polar surface area (TPSA) is 110 Å². The van der Waals surface area contributed by atoms with Gasteiger partial charge in [-0.3, -0.25) is 14.5 Å². The van der Waals surface area contributed by atoms with Crippen molar-refractivity contribution < 1.29 is 14.7 Å². The highest BCUT2D eigenvalue weighted by Gasteiger charge is 2.37. The Balaban J connectivity index is 1.60.